The lowest BCUT2D eigenvalue weighted by atomic mass is 9.99. The van der Waals surface area contributed by atoms with Crippen molar-refractivity contribution in [1.82, 2.24) is 4.57 Å². The van der Waals surface area contributed by atoms with E-state index in [2.05, 4.69) is 41.2 Å². The molecule has 0 radical (unpaired) electrons. The maximum atomic E-state index is 12.1. The first-order valence-electron chi connectivity index (χ1n) is 9.70. The number of ether oxygens (including phenoxy) is 1. The molecular weight excluding hydrogens is 362 g/mol. The van der Waals surface area contributed by atoms with Gasteiger partial charge in [-0.3, -0.25) is 9.98 Å². The molecule has 0 spiro atoms. The van der Waals surface area contributed by atoms with E-state index in [1.807, 2.05) is 18.2 Å². The fourth-order valence-corrected chi connectivity index (χ4v) is 3.50. The number of benzene rings is 1. The third-order valence-corrected chi connectivity index (χ3v) is 4.80. The van der Waals surface area contributed by atoms with Crippen LogP contribution in [0.1, 0.15) is 41.4 Å². The second kappa shape index (κ2) is 10.4. The Morgan fingerprint density at radius 2 is 2.03 bits per heavy atom. The molecule has 0 saturated heterocycles. The van der Waals surface area contributed by atoms with Crippen molar-refractivity contribution in [2.75, 3.05) is 14.2 Å². The first-order valence-corrected chi connectivity index (χ1v) is 9.70. The van der Waals surface area contributed by atoms with Crippen molar-refractivity contribution in [1.29, 1.82) is 0 Å². The van der Waals surface area contributed by atoms with Crippen molar-refractivity contribution in [2.24, 2.45) is 9.98 Å². The Morgan fingerprint density at radius 3 is 2.59 bits per heavy atom. The van der Waals surface area contributed by atoms with Crippen molar-refractivity contribution < 1.29 is 9.53 Å². The normalized spacial score (nSPS) is 12.1. The monoisotopic (exact) mass is 391 g/mol. The number of aromatic nitrogens is 1. The highest BCUT2D eigenvalue weighted by atomic mass is 16.5. The van der Waals surface area contributed by atoms with Crippen LogP contribution in [0.25, 0.3) is 10.9 Å². The van der Waals surface area contributed by atoms with Crippen molar-refractivity contribution in [3.05, 3.63) is 73.1 Å². The Hall–Kier alpha value is -3.21. The van der Waals surface area contributed by atoms with Crippen LogP contribution < -0.4 is 0 Å². The van der Waals surface area contributed by atoms with Crippen LogP contribution in [0.15, 0.2) is 66.3 Å². The Bertz CT molecular complexity index is 993. The molecule has 0 bridgehead atoms. The van der Waals surface area contributed by atoms with Gasteiger partial charge in [-0.15, -0.1) is 6.58 Å². The highest BCUT2D eigenvalue weighted by Crippen LogP contribution is 2.30. The summed E-state index contributed by atoms with van der Waals surface area (Å²) in [4.78, 5) is 21.0. The molecule has 0 fully saturated rings. The molecule has 2 aromatic rings. The van der Waals surface area contributed by atoms with Gasteiger partial charge in [-0.1, -0.05) is 38.6 Å². The summed E-state index contributed by atoms with van der Waals surface area (Å²) in [6.07, 6.45) is 8.03. The number of fused-ring (bicyclic) bond motifs is 1. The highest BCUT2D eigenvalue weighted by molar-refractivity contribution is 6.52. The largest absolute Gasteiger partial charge is 0.465 e. The van der Waals surface area contributed by atoms with Gasteiger partial charge in [0.05, 0.1) is 24.1 Å². The van der Waals surface area contributed by atoms with E-state index in [0.29, 0.717) is 23.5 Å². The molecule has 1 heterocycles. The number of allylic oxidation sites excluding steroid dienone is 2. The summed E-state index contributed by atoms with van der Waals surface area (Å²) in [5, 5.41) is 1.08. The van der Waals surface area contributed by atoms with E-state index in [0.717, 1.165) is 35.9 Å². The van der Waals surface area contributed by atoms with Crippen LogP contribution in [0.5, 0.6) is 0 Å². The van der Waals surface area contributed by atoms with Crippen molar-refractivity contribution >= 4 is 28.3 Å². The molecular formula is C24H29N3O2. The number of rotatable bonds is 10. The van der Waals surface area contributed by atoms with E-state index in [-0.39, 0.29) is 5.97 Å². The number of hydrogen-bond donors (Lipinski definition) is 0. The summed E-state index contributed by atoms with van der Waals surface area (Å²) in [6, 6.07) is 5.65. The van der Waals surface area contributed by atoms with Gasteiger partial charge in [-0.05, 0) is 36.6 Å². The summed E-state index contributed by atoms with van der Waals surface area (Å²) in [7, 11) is 3.10. The smallest absolute Gasteiger partial charge is 0.337 e. The molecule has 0 aliphatic heterocycles. The summed E-state index contributed by atoms with van der Waals surface area (Å²) in [6.45, 7) is 14.3. The van der Waals surface area contributed by atoms with Crippen LogP contribution in [-0.2, 0) is 17.7 Å². The van der Waals surface area contributed by atoms with Gasteiger partial charge in [0.25, 0.3) is 0 Å². The van der Waals surface area contributed by atoms with Gasteiger partial charge in [0.15, 0.2) is 0 Å². The van der Waals surface area contributed by atoms with Gasteiger partial charge in [-0.2, -0.15) is 0 Å². The van der Waals surface area contributed by atoms with Gasteiger partial charge in [0.1, 0.15) is 5.71 Å². The van der Waals surface area contributed by atoms with Gasteiger partial charge >= 0.3 is 5.97 Å². The van der Waals surface area contributed by atoms with Crippen LogP contribution >= 0.6 is 0 Å². The lowest BCUT2D eigenvalue weighted by Crippen LogP contribution is -2.19. The summed E-state index contributed by atoms with van der Waals surface area (Å²) >= 11 is 0. The average molecular weight is 392 g/mol. The average Bonchev–Trinajstić information content (AvgIpc) is 3.04. The number of carbonyl (C=O) groups is 1. The highest BCUT2D eigenvalue weighted by Gasteiger charge is 2.23. The zero-order valence-corrected chi connectivity index (χ0v) is 17.6. The second-order valence-electron chi connectivity index (χ2n) is 6.53. The summed E-state index contributed by atoms with van der Waals surface area (Å²) in [5.74, 6) is -0.364. The van der Waals surface area contributed by atoms with Crippen molar-refractivity contribution in [3.63, 3.8) is 0 Å². The Kier molecular flexibility index (Phi) is 7.89. The van der Waals surface area contributed by atoms with E-state index in [1.54, 1.807) is 19.2 Å². The summed E-state index contributed by atoms with van der Waals surface area (Å²) < 4.78 is 7.03. The molecule has 0 aliphatic rings. The number of hydrogen-bond acceptors (Lipinski definition) is 4. The first-order chi connectivity index (χ1) is 14.1. The Morgan fingerprint density at radius 1 is 1.28 bits per heavy atom. The second-order valence-corrected chi connectivity index (χ2v) is 6.53. The van der Waals surface area contributed by atoms with E-state index in [1.165, 1.54) is 18.9 Å². The first kappa shape index (κ1) is 22.1. The quantitative estimate of drug-likeness (QED) is 0.320. The molecule has 1 aromatic carbocycles. The molecule has 0 atom stereocenters. The zero-order chi connectivity index (χ0) is 21.4. The molecule has 0 amide bonds. The predicted octanol–water partition coefficient (Wildman–Crippen LogP) is 5.15. The van der Waals surface area contributed by atoms with Crippen LogP contribution in [0.2, 0.25) is 0 Å². The van der Waals surface area contributed by atoms with Crippen molar-refractivity contribution in [2.45, 2.75) is 32.7 Å². The Labute approximate surface area is 172 Å². The lowest BCUT2D eigenvalue weighted by molar-refractivity contribution is 0.0601. The van der Waals surface area contributed by atoms with E-state index in [4.69, 9.17) is 4.74 Å². The number of aryl methyl sites for hydroxylation is 1. The number of unbranched alkanes of at least 4 members (excludes halogenated alkanes) is 1. The molecule has 29 heavy (non-hydrogen) atoms. The fraction of sp³-hybridized carbons (Fsp3) is 0.292. The van der Waals surface area contributed by atoms with Crippen molar-refractivity contribution in [3.8, 4) is 0 Å². The van der Waals surface area contributed by atoms with Crippen LogP contribution in [-0.4, -0.2) is 36.1 Å². The molecule has 2 rings (SSSR count). The molecule has 5 nitrogen and oxygen atoms in total. The Balaban J connectivity index is 2.96. The third-order valence-electron chi connectivity index (χ3n) is 4.80. The lowest BCUT2D eigenvalue weighted by Gasteiger charge is -2.13. The number of methoxy groups -OCH3 is 1. The molecule has 1 aromatic heterocycles. The van der Waals surface area contributed by atoms with Crippen LogP contribution in [0, 0.1) is 0 Å². The van der Waals surface area contributed by atoms with Crippen LogP contribution in [0.4, 0.5) is 0 Å². The molecule has 0 unspecified atom stereocenters. The molecule has 0 N–H and O–H groups in total. The van der Waals surface area contributed by atoms with Gasteiger partial charge in [0.2, 0.25) is 0 Å². The minimum Gasteiger partial charge on any atom is -0.465 e. The number of aliphatic imine (C=N–C) groups is 2. The van der Waals surface area contributed by atoms with Gasteiger partial charge < -0.3 is 9.30 Å². The maximum absolute atomic E-state index is 12.1. The maximum Gasteiger partial charge on any atom is 0.337 e. The predicted molar refractivity (Wildman–Crippen MR) is 122 cm³/mol. The molecule has 0 aliphatic carbocycles. The third kappa shape index (κ3) is 4.45. The fourth-order valence-electron chi connectivity index (χ4n) is 3.50. The van der Waals surface area contributed by atoms with E-state index >= 15 is 0 Å². The molecule has 0 saturated carbocycles. The number of nitrogens with zero attached hydrogens (tertiary/aromatic N) is 3. The molecule has 5 heteroatoms. The number of carbonyl (C=O) groups excluding carboxylic acids is 1. The summed E-state index contributed by atoms with van der Waals surface area (Å²) in [5.41, 5.74) is 4.96. The topological polar surface area (TPSA) is 56.0 Å². The number of esters is 1. The minimum atomic E-state index is -0.364. The zero-order valence-electron chi connectivity index (χ0n) is 17.6. The SMILES string of the molecule is C=CCn1c(C(=NC=C)C(C=C)=NC)c(CCCC)c2ccc(C(=O)OC)cc21. The van der Waals surface area contributed by atoms with Gasteiger partial charge in [0, 0.05) is 30.7 Å². The van der Waals surface area contributed by atoms with Gasteiger partial charge in [-0.25, -0.2) is 4.79 Å². The van der Waals surface area contributed by atoms with Crippen LogP contribution in [0.3, 0.4) is 0 Å². The molecule has 152 valence electrons. The minimum absolute atomic E-state index is 0.364. The van der Waals surface area contributed by atoms with E-state index < -0.39 is 0 Å². The standard InChI is InChI=1S/C24H29N3O2/c1-7-11-12-19-18-14-13-17(24(28)29-6)16-21(18)27(15-8-2)23(19)22(26-10-4)20(9-3)25-5/h8-10,13-14,16H,2-4,7,11-12,15H2,1,5-6H3. The van der Waals surface area contributed by atoms with E-state index in [9.17, 15) is 4.79 Å².